The number of phenols is 1. The number of halogens is 2. The third-order valence-electron chi connectivity index (χ3n) is 6.70. The molecule has 176 valence electrons. The van der Waals surface area contributed by atoms with Gasteiger partial charge in [0.2, 0.25) is 0 Å². The fraction of sp³-hybridized carbons (Fsp3) is 0.500. The molecular weight excluding hydrogens is 432 g/mol. The van der Waals surface area contributed by atoms with Gasteiger partial charge in [-0.1, -0.05) is 0 Å². The number of carbonyl (C=O) groups is 1. The molecule has 11 heteroatoms. The molecule has 0 spiro atoms. The molecule has 0 radical (unpaired) electrons. The predicted octanol–water partition coefficient (Wildman–Crippen LogP) is 1.85. The van der Waals surface area contributed by atoms with Crippen LogP contribution < -0.4 is 15.5 Å². The average molecular weight is 460 g/mol. The maximum Gasteiger partial charge on any atom is 0.320 e. The summed E-state index contributed by atoms with van der Waals surface area (Å²) in [6.45, 7) is 7.96. The summed E-state index contributed by atoms with van der Waals surface area (Å²) in [5, 5.41) is 24.9. The molecule has 4 heterocycles. The summed E-state index contributed by atoms with van der Waals surface area (Å²) in [7, 11) is 0. The van der Waals surface area contributed by atoms with Crippen LogP contribution in [0.4, 0.5) is 25.1 Å². The Balaban J connectivity index is 1.38. The number of nitrogens with one attached hydrogen (secondary N) is 2. The normalized spacial score (nSPS) is 24.7. The lowest BCUT2D eigenvalue weighted by molar-refractivity contribution is 0.0939. The van der Waals surface area contributed by atoms with Crippen molar-refractivity contribution in [1.29, 1.82) is 0 Å². The van der Waals surface area contributed by atoms with E-state index in [1.165, 1.54) is 0 Å². The summed E-state index contributed by atoms with van der Waals surface area (Å²) in [5.74, 6) is -1.96. The van der Waals surface area contributed by atoms with E-state index in [0.717, 1.165) is 24.8 Å². The monoisotopic (exact) mass is 459 g/mol. The van der Waals surface area contributed by atoms with E-state index in [2.05, 4.69) is 39.6 Å². The lowest BCUT2D eigenvalue weighted by Crippen LogP contribution is -2.65. The second-order valence-corrected chi connectivity index (χ2v) is 8.97. The minimum atomic E-state index is -1.05. The molecule has 3 atom stereocenters. The topological polar surface area (TPSA) is 96.9 Å². The number of aromatic hydroxyl groups is 1. The number of fused-ring (bicyclic) bond motifs is 3. The van der Waals surface area contributed by atoms with Gasteiger partial charge in [-0.2, -0.15) is 0 Å². The Kier molecular flexibility index (Phi) is 5.43. The fourth-order valence-corrected chi connectivity index (χ4v) is 5.03. The van der Waals surface area contributed by atoms with Crippen molar-refractivity contribution < 1.29 is 18.7 Å². The van der Waals surface area contributed by atoms with Gasteiger partial charge in [0.25, 0.3) is 0 Å². The lowest BCUT2D eigenvalue weighted by Gasteiger charge is -2.48. The van der Waals surface area contributed by atoms with Gasteiger partial charge in [-0.25, -0.2) is 13.6 Å². The minimum absolute atomic E-state index is 0.0126. The van der Waals surface area contributed by atoms with E-state index in [-0.39, 0.29) is 35.4 Å². The number of amides is 2. The Labute approximate surface area is 190 Å². The van der Waals surface area contributed by atoms with Crippen molar-refractivity contribution in [3.8, 4) is 17.0 Å². The van der Waals surface area contributed by atoms with Gasteiger partial charge < -0.3 is 30.4 Å². The second kappa shape index (κ2) is 8.29. The molecule has 9 nitrogen and oxygen atoms in total. The van der Waals surface area contributed by atoms with Crippen molar-refractivity contribution in [3.05, 3.63) is 29.8 Å². The van der Waals surface area contributed by atoms with Gasteiger partial charge in [-0.3, -0.25) is 0 Å². The van der Waals surface area contributed by atoms with Gasteiger partial charge in [0.1, 0.15) is 5.82 Å². The number of hydrogen-bond donors (Lipinski definition) is 3. The number of anilines is 2. The summed E-state index contributed by atoms with van der Waals surface area (Å²) in [6, 6.07) is 3.65. The number of benzene rings is 1. The maximum absolute atomic E-state index is 13.9. The van der Waals surface area contributed by atoms with E-state index in [1.54, 1.807) is 6.07 Å². The van der Waals surface area contributed by atoms with Crippen LogP contribution in [-0.2, 0) is 0 Å². The molecule has 2 aromatic rings. The fourth-order valence-electron chi connectivity index (χ4n) is 5.03. The zero-order valence-corrected chi connectivity index (χ0v) is 18.6. The van der Waals surface area contributed by atoms with Crippen LogP contribution in [0.15, 0.2) is 18.2 Å². The number of carbonyl (C=O) groups excluding carboxylic acids is 1. The first-order valence-electron chi connectivity index (χ1n) is 11.2. The van der Waals surface area contributed by atoms with E-state index in [9.17, 15) is 18.7 Å². The van der Waals surface area contributed by atoms with Crippen LogP contribution >= 0.6 is 0 Å². The summed E-state index contributed by atoms with van der Waals surface area (Å²) in [6.07, 6.45) is 0. The Morgan fingerprint density at radius 1 is 1.09 bits per heavy atom. The number of nitrogens with zero attached hydrogens (tertiary/aromatic N) is 5. The molecular formula is C22H27F2N7O2. The third-order valence-corrected chi connectivity index (χ3v) is 6.70. The summed E-state index contributed by atoms with van der Waals surface area (Å²) < 4.78 is 27.6. The van der Waals surface area contributed by atoms with Crippen LogP contribution in [0.25, 0.3) is 11.3 Å². The van der Waals surface area contributed by atoms with Crippen molar-refractivity contribution in [2.75, 3.05) is 49.5 Å². The van der Waals surface area contributed by atoms with E-state index >= 15 is 0 Å². The first kappa shape index (κ1) is 21.6. The lowest BCUT2D eigenvalue weighted by atomic mass is 10.0. The molecule has 3 N–H and O–H groups in total. The number of piperazine rings is 2. The molecule has 3 aliphatic rings. The van der Waals surface area contributed by atoms with Crippen LogP contribution in [-0.4, -0.2) is 88.5 Å². The van der Waals surface area contributed by atoms with Crippen molar-refractivity contribution >= 4 is 17.5 Å². The van der Waals surface area contributed by atoms with Crippen LogP contribution in [0.5, 0.6) is 5.75 Å². The highest BCUT2D eigenvalue weighted by atomic mass is 19.1. The molecule has 3 aliphatic heterocycles. The maximum atomic E-state index is 13.9. The predicted molar refractivity (Wildman–Crippen MR) is 119 cm³/mol. The summed E-state index contributed by atoms with van der Waals surface area (Å²) in [4.78, 5) is 19.3. The average Bonchev–Trinajstić information content (AvgIpc) is 2.80. The third kappa shape index (κ3) is 3.79. The largest absolute Gasteiger partial charge is 0.504 e. The van der Waals surface area contributed by atoms with E-state index < -0.39 is 17.4 Å². The number of phenolic OH excluding ortho intramolecular Hbond substituents is 1. The van der Waals surface area contributed by atoms with E-state index in [4.69, 9.17) is 0 Å². The van der Waals surface area contributed by atoms with Crippen molar-refractivity contribution in [3.63, 3.8) is 0 Å². The Hall–Kier alpha value is -3.21. The standard InChI is InChI=1S/C22H27F2N7O2/c1-12-8-25-9-13(2)31(12)22(33)29-3-4-30-15(11-29)10-26-21-19(30)7-18(27-28-21)16-5-14(23)6-17(24)20(16)32/h5-7,12-13,15,25,32H,3-4,8-11H2,1-2H3,(H,26,28)/t12-,13+,15-/m0/s1. The summed E-state index contributed by atoms with van der Waals surface area (Å²) >= 11 is 0. The van der Waals surface area contributed by atoms with E-state index in [0.29, 0.717) is 38.1 Å². The van der Waals surface area contributed by atoms with Crippen LogP contribution in [0.3, 0.4) is 0 Å². The first-order valence-corrected chi connectivity index (χ1v) is 11.2. The molecule has 33 heavy (non-hydrogen) atoms. The Morgan fingerprint density at radius 2 is 1.85 bits per heavy atom. The van der Waals surface area contributed by atoms with Crippen molar-refractivity contribution in [1.82, 2.24) is 25.3 Å². The summed E-state index contributed by atoms with van der Waals surface area (Å²) in [5.41, 5.74) is 0.853. The smallest absolute Gasteiger partial charge is 0.320 e. The highest BCUT2D eigenvalue weighted by Gasteiger charge is 2.38. The molecule has 0 saturated carbocycles. The molecule has 1 aromatic heterocycles. The van der Waals surface area contributed by atoms with Gasteiger partial charge in [0.05, 0.1) is 17.4 Å². The minimum Gasteiger partial charge on any atom is -0.504 e. The number of aromatic nitrogens is 2. The van der Waals surface area contributed by atoms with Gasteiger partial charge in [0, 0.05) is 63.0 Å². The molecule has 2 saturated heterocycles. The Bertz CT molecular complexity index is 1070. The number of rotatable bonds is 1. The quantitative estimate of drug-likeness (QED) is 0.599. The van der Waals surface area contributed by atoms with Crippen LogP contribution in [0.2, 0.25) is 0 Å². The SMILES string of the molecule is C[C@@H]1CNC[C@H](C)N1C(=O)N1CCN2c3cc(-c4cc(F)cc(F)c4O)nnc3NC[C@H]2C1. The molecule has 2 amide bonds. The molecule has 1 aromatic carbocycles. The zero-order valence-electron chi connectivity index (χ0n) is 18.6. The highest BCUT2D eigenvalue weighted by molar-refractivity contribution is 5.79. The van der Waals surface area contributed by atoms with Crippen LogP contribution in [0, 0.1) is 11.6 Å². The van der Waals surface area contributed by atoms with Crippen LogP contribution in [0.1, 0.15) is 13.8 Å². The number of hydrogen-bond acceptors (Lipinski definition) is 7. The Morgan fingerprint density at radius 3 is 2.61 bits per heavy atom. The second-order valence-electron chi connectivity index (χ2n) is 8.97. The molecule has 2 fully saturated rings. The van der Waals surface area contributed by atoms with E-state index in [1.807, 2.05) is 9.80 Å². The molecule has 0 bridgehead atoms. The highest BCUT2D eigenvalue weighted by Crippen LogP contribution is 2.37. The molecule has 0 aliphatic carbocycles. The van der Waals surface area contributed by atoms with Gasteiger partial charge in [-0.05, 0) is 26.0 Å². The first-order chi connectivity index (χ1) is 15.8. The van der Waals surface area contributed by atoms with Gasteiger partial charge >= 0.3 is 6.03 Å². The van der Waals surface area contributed by atoms with Crippen molar-refractivity contribution in [2.24, 2.45) is 0 Å². The zero-order chi connectivity index (χ0) is 23.3. The van der Waals surface area contributed by atoms with Crippen molar-refractivity contribution in [2.45, 2.75) is 32.0 Å². The van der Waals surface area contributed by atoms with Gasteiger partial charge in [0.15, 0.2) is 17.4 Å². The number of urea groups is 1. The van der Waals surface area contributed by atoms with Gasteiger partial charge in [-0.15, -0.1) is 10.2 Å². The molecule has 5 rings (SSSR count). The molecule has 0 unspecified atom stereocenters.